The van der Waals surface area contributed by atoms with E-state index in [1.807, 2.05) is 24.3 Å². The number of halogens is 2. The normalized spacial score (nSPS) is 13.5. The van der Waals surface area contributed by atoms with Crippen molar-refractivity contribution in [3.8, 4) is 0 Å². The molecule has 32 heavy (non-hydrogen) atoms. The molecular formula is C22H25Cl2N5O3. The molecule has 0 atom stereocenters. The van der Waals surface area contributed by atoms with Crippen molar-refractivity contribution in [2.24, 2.45) is 0 Å². The van der Waals surface area contributed by atoms with Gasteiger partial charge in [-0.2, -0.15) is 0 Å². The molecule has 3 rings (SSSR count). The van der Waals surface area contributed by atoms with Gasteiger partial charge in [-0.05, 0) is 36.4 Å². The molecule has 10 heteroatoms. The van der Waals surface area contributed by atoms with Crippen molar-refractivity contribution in [1.82, 2.24) is 10.2 Å². The van der Waals surface area contributed by atoms with Crippen LogP contribution in [-0.4, -0.2) is 55.5 Å². The van der Waals surface area contributed by atoms with Gasteiger partial charge >= 0.3 is 6.03 Å². The average Bonchev–Trinajstić information content (AvgIpc) is 2.76. The lowest BCUT2D eigenvalue weighted by atomic mass is 10.2. The third-order valence-corrected chi connectivity index (χ3v) is 5.63. The van der Waals surface area contributed by atoms with Gasteiger partial charge in [-0.1, -0.05) is 29.3 Å². The van der Waals surface area contributed by atoms with Crippen molar-refractivity contribution in [2.75, 3.05) is 48.3 Å². The predicted octanol–water partition coefficient (Wildman–Crippen LogP) is 3.81. The van der Waals surface area contributed by atoms with Crippen LogP contribution in [0.2, 0.25) is 10.0 Å². The van der Waals surface area contributed by atoms with Crippen LogP contribution in [0.3, 0.4) is 0 Å². The third-order valence-electron chi connectivity index (χ3n) is 5.00. The van der Waals surface area contributed by atoms with E-state index in [0.717, 1.165) is 5.69 Å². The molecule has 0 unspecified atom stereocenters. The molecule has 0 aliphatic carbocycles. The molecule has 2 aromatic carbocycles. The largest absolute Gasteiger partial charge is 0.368 e. The Morgan fingerprint density at radius 3 is 2.12 bits per heavy atom. The van der Waals surface area contributed by atoms with Gasteiger partial charge in [0.2, 0.25) is 11.8 Å². The van der Waals surface area contributed by atoms with Crippen LogP contribution in [-0.2, 0) is 9.59 Å². The minimum atomic E-state index is -0.239. The van der Waals surface area contributed by atoms with Crippen LogP contribution in [0.1, 0.15) is 13.3 Å². The Hall–Kier alpha value is -2.97. The fraction of sp³-hybridized carbons (Fsp3) is 0.318. The summed E-state index contributed by atoms with van der Waals surface area (Å²) in [6.45, 7) is 4.17. The molecular weight excluding hydrogens is 453 g/mol. The first-order valence-electron chi connectivity index (χ1n) is 10.2. The summed E-state index contributed by atoms with van der Waals surface area (Å²) >= 11 is 12.3. The SMILES string of the molecule is CC(=O)NCCC(=O)Nc1ccc(N2CCN(C(=O)Nc3c(Cl)cccc3Cl)CC2)cc1. The number of carbonyl (C=O) groups excluding carboxylic acids is 3. The van der Waals surface area contributed by atoms with E-state index in [0.29, 0.717) is 54.1 Å². The van der Waals surface area contributed by atoms with E-state index in [-0.39, 0.29) is 24.3 Å². The molecule has 0 aromatic heterocycles. The molecule has 0 saturated carbocycles. The molecule has 1 aliphatic rings. The molecule has 8 nitrogen and oxygen atoms in total. The second-order valence-corrected chi connectivity index (χ2v) is 8.14. The Morgan fingerprint density at radius 1 is 0.906 bits per heavy atom. The first-order chi connectivity index (χ1) is 15.3. The Labute approximate surface area is 196 Å². The number of nitrogens with zero attached hydrogens (tertiary/aromatic N) is 2. The van der Waals surface area contributed by atoms with Gasteiger partial charge in [0.25, 0.3) is 0 Å². The number of amides is 4. The number of rotatable bonds is 6. The molecule has 170 valence electrons. The number of anilines is 3. The molecule has 4 amide bonds. The molecule has 0 spiro atoms. The number of nitrogens with one attached hydrogen (secondary N) is 3. The van der Waals surface area contributed by atoms with Crippen molar-refractivity contribution >= 4 is 58.1 Å². The predicted molar refractivity (Wildman–Crippen MR) is 128 cm³/mol. The summed E-state index contributed by atoms with van der Waals surface area (Å²) in [4.78, 5) is 39.3. The smallest absolute Gasteiger partial charge is 0.322 e. The van der Waals surface area contributed by atoms with Gasteiger partial charge in [0.1, 0.15) is 0 Å². The highest BCUT2D eigenvalue weighted by Gasteiger charge is 2.22. The zero-order chi connectivity index (χ0) is 23.1. The van der Waals surface area contributed by atoms with E-state index in [1.165, 1.54) is 6.92 Å². The molecule has 2 aromatic rings. The van der Waals surface area contributed by atoms with Crippen molar-refractivity contribution in [2.45, 2.75) is 13.3 Å². The lowest BCUT2D eigenvalue weighted by Crippen LogP contribution is -2.50. The summed E-state index contributed by atoms with van der Waals surface area (Å²) in [6.07, 6.45) is 0.213. The average molecular weight is 478 g/mol. The zero-order valence-corrected chi connectivity index (χ0v) is 19.2. The number of para-hydroxylation sites is 1. The second kappa shape index (κ2) is 11.1. The number of benzene rings is 2. The first-order valence-corrected chi connectivity index (χ1v) is 11.0. The number of piperazine rings is 1. The maximum absolute atomic E-state index is 12.6. The van der Waals surface area contributed by atoms with E-state index in [4.69, 9.17) is 23.2 Å². The molecule has 3 N–H and O–H groups in total. The minimum absolute atomic E-state index is 0.160. The van der Waals surface area contributed by atoms with Crippen LogP contribution >= 0.6 is 23.2 Å². The number of hydrogen-bond donors (Lipinski definition) is 3. The monoisotopic (exact) mass is 477 g/mol. The van der Waals surface area contributed by atoms with E-state index >= 15 is 0 Å². The molecule has 1 heterocycles. The molecule has 1 aliphatic heterocycles. The van der Waals surface area contributed by atoms with E-state index in [2.05, 4.69) is 20.9 Å². The number of carbonyl (C=O) groups is 3. The highest BCUT2D eigenvalue weighted by molar-refractivity contribution is 6.39. The van der Waals surface area contributed by atoms with E-state index in [1.54, 1.807) is 23.1 Å². The highest BCUT2D eigenvalue weighted by Crippen LogP contribution is 2.30. The second-order valence-electron chi connectivity index (χ2n) is 7.33. The lowest BCUT2D eigenvalue weighted by Gasteiger charge is -2.36. The first kappa shape index (κ1) is 23.7. The fourth-order valence-electron chi connectivity index (χ4n) is 3.30. The van der Waals surface area contributed by atoms with Crippen LogP contribution in [0.15, 0.2) is 42.5 Å². The maximum Gasteiger partial charge on any atom is 0.322 e. The Bertz CT molecular complexity index is 956. The summed E-state index contributed by atoms with van der Waals surface area (Å²) in [6, 6.07) is 12.4. The van der Waals surface area contributed by atoms with Crippen LogP contribution in [0.4, 0.5) is 21.9 Å². The van der Waals surface area contributed by atoms with Crippen molar-refractivity contribution in [3.05, 3.63) is 52.5 Å². The Morgan fingerprint density at radius 2 is 1.53 bits per heavy atom. The van der Waals surface area contributed by atoms with Gasteiger partial charge in [0.15, 0.2) is 0 Å². The molecule has 0 bridgehead atoms. The number of urea groups is 1. The van der Waals surface area contributed by atoms with Gasteiger partial charge in [-0.15, -0.1) is 0 Å². The maximum atomic E-state index is 12.6. The summed E-state index contributed by atoms with van der Waals surface area (Å²) in [7, 11) is 0. The summed E-state index contributed by atoms with van der Waals surface area (Å²) in [5.41, 5.74) is 2.12. The van der Waals surface area contributed by atoms with Gasteiger partial charge < -0.3 is 25.8 Å². The molecule has 1 saturated heterocycles. The third kappa shape index (κ3) is 6.51. The van der Waals surface area contributed by atoms with Crippen LogP contribution in [0.25, 0.3) is 0 Å². The van der Waals surface area contributed by atoms with E-state index < -0.39 is 0 Å². The highest BCUT2D eigenvalue weighted by atomic mass is 35.5. The van der Waals surface area contributed by atoms with Crippen LogP contribution in [0.5, 0.6) is 0 Å². The summed E-state index contributed by atoms with van der Waals surface area (Å²) in [5.74, 6) is -0.322. The van der Waals surface area contributed by atoms with Crippen LogP contribution < -0.4 is 20.9 Å². The van der Waals surface area contributed by atoms with Crippen LogP contribution in [0, 0.1) is 0 Å². The Balaban J connectivity index is 1.48. The lowest BCUT2D eigenvalue weighted by molar-refractivity contribution is -0.119. The summed E-state index contributed by atoms with van der Waals surface area (Å²) in [5, 5.41) is 8.98. The minimum Gasteiger partial charge on any atom is -0.368 e. The van der Waals surface area contributed by atoms with Gasteiger partial charge in [0, 0.05) is 57.4 Å². The zero-order valence-electron chi connectivity index (χ0n) is 17.7. The summed E-state index contributed by atoms with van der Waals surface area (Å²) < 4.78 is 0. The van der Waals surface area contributed by atoms with Crippen molar-refractivity contribution < 1.29 is 14.4 Å². The molecule has 0 radical (unpaired) electrons. The van der Waals surface area contributed by atoms with Crippen molar-refractivity contribution in [3.63, 3.8) is 0 Å². The van der Waals surface area contributed by atoms with Crippen molar-refractivity contribution in [1.29, 1.82) is 0 Å². The van der Waals surface area contributed by atoms with Gasteiger partial charge in [-0.25, -0.2) is 4.79 Å². The Kier molecular flexibility index (Phi) is 8.19. The number of hydrogen-bond acceptors (Lipinski definition) is 4. The quantitative estimate of drug-likeness (QED) is 0.589. The topological polar surface area (TPSA) is 93.8 Å². The standard InChI is InChI=1S/C22H25Cl2N5O3/c1-15(30)25-10-9-20(31)26-16-5-7-17(8-6-16)28-11-13-29(14-12-28)22(32)27-21-18(23)3-2-4-19(21)24/h2-8H,9-14H2,1H3,(H,25,30)(H,26,31)(H,27,32). The van der Waals surface area contributed by atoms with Gasteiger partial charge in [0.05, 0.1) is 15.7 Å². The van der Waals surface area contributed by atoms with E-state index in [9.17, 15) is 14.4 Å². The van der Waals surface area contributed by atoms with Gasteiger partial charge in [-0.3, -0.25) is 9.59 Å². The molecule has 1 fully saturated rings. The fourth-order valence-corrected chi connectivity index (χ4v) is 3.79.